The van der Waals surface area contributed by atoms with Crippen LogP contribution in [0.3, 0.4) is 0 Å². The zero-order valence-corrected chi connectivity index (χ0v) is 24.6. The minimum absolute atomic E-state index is 0.0307. The monoisotopic (exact) mass is 597 g/mol. The summed E-state index contributed by atoms with van der Waals surface area (Å²) in [6.07, 6.45) is -4.53. The number of aliphatic hydroxyl groups is 1. The number of fused-ring (bicyclic) bond motifs is 1. The molecule has 10 heteroatoms. The van der Waals surface area contributed by atoms with Crippen LogP contribution in [0.25, 0.3) is 0 Å². The third-order valence-electron chi connectivity index (χ3n) is 7.63. The van der Waals surface area contributed by atoms with E-state index >= 15 is 0 Å². The van der Waals surface area contributed by atoms with E-state index in [1.165, 1.54) is 12.1 Å². The number of carbonyl (C=O) groups is 2. The van der Waals surface area contributed by atoms with Gasteiger partial charge in [0.25, 0.3) is 0 Å². The highest BCUT2D eigenvalue weighted by atomic mass is 19.4. The molecule has 3 aromatic carbocycles. The maximum atomic E-state index is 13.5. The smallest absolute Gasteiger partial charge is 0.416 e. The lowest BCUT2D eigenvalue weighted by Gasteiger charge is -2.34. The van der Waals surface area contributed by atoms with Crippen molar-refractivity contribution in [2.45, 2.75) is 51.6 Å². The van der Waals surface area contributed by atoms with Gasteiger partial charge >= 0.3 is 6.18 Å². The summed E-state index contributed by atoms with van der Waals surface area (Å²) in [7, 11) is 1.87. The summed E-state index contributed by atoms with van der Waals surface area (Å²) in [6, 6.07) is 19.3. The van der Waals surface area contributed by atoms with Crippen LogP contribution in [0.2, 0.25) is 0 Å². The summed E-state index contributed by atoms with van der Waals surface area (Å²) < 4.78 is 45.5. The number of rotatable bonds is 9. The molecule has 0 bridgehead atoms. The van der Waals surface area contributed by atoms with Crippen molar-refractivity contribution in [1.82, 2.24) is 9.80 Å². The van der Waals surface area contributed by atoms with E-state index in [2.05, 4.69) is 5.32 Å². The van der Waals surface area contributed by atoms with Gasteiger partial charge in [0.1, 0.15) is 11.9 Å². The van der Waals surface area contributed by atoms with Crippen LogP contribution in [0.15, 0.2) is 72.8 Å². The summed E-state index contributed by atoms with van der Waals surface area (Å²) in [5, 5.41) is 12.8. The number of ether oxygens (including phenoxy) is 1. The molecule has 0 saturated carbocycles. The molecule has 0 fully saturated rings. The number of likely N-dealkylation sites (N-methyl/N-ethyl adjacent to an activating group) is 1. The van der Waals surface area contributed by atoms with Crippen molar-refractivity contribution in [2.24, 2.45) is 5.92 Å². The van der Waals surface area contributed by atoms with Crippen molar-refractivity contribution in [3.63, 3.8) is 0 Å². The zero-order chi connectivity index (χ0) is 31.1. The van der Waals surface area contributed by atoms with E-state index in [1.807, 2.05) is 49.2 Å². The molecule has 1 heterocycles. The van der Waals surface area contributed by atoms with Gasteiger partial charge < -0.3 is 20.1 Å². The van der Waals surface area contributed by atoms with Crippen molar-refractivity contribution in [1.29, 1.82) is 0 Å². The Morgan fingerprint density at radius 2 is 1.79 bits per heavy atom. The predicted molar refractivity (Wildman–Crippen MR) is 159 cm³/mol. The number of amides is 2. The van der Waals surface area contributed by atoms with Gasteiger partial charge in [0, 0.05) is 36.8 Å². The lowest BCUT2D eigenvalue weighted by Crippen LogP contribution is -2.47. The highest BCUT2D eigenvalue weighted by molar-refractivity contribution is 5.92. The number of hydrogen-bond acceptors (Lipinski definition) is 5. The fraction of sp³-hybridized carbons (Fsp3) is 0.394. The van der Waals surface area contributed by atoms with E-state index in [4.69, 9.17) is 4.74 Å². The average Bonchev–Trinajstić information content (AvgIpc) is 3.00. The summed E-state index contributed by atoms with van der Waals surface area (Å²) in [6.45, 7) is 4.76. The zero-order valence-electron chi connectivity index (χ0n) is 24.6. The number of halogens is 3. The van der Waals surface area contributed by atoms with Crippen LogP contribution in [0.4, 0.5) is 18.9 Å². The summed E-state index contributed by atoms with van der Waals surface area (Å²) in [5.41, 5.74) is 2.07. The van der Waals surface area contributed by atoms with Crippen LogP contribution in [0, 0.1) is 5.92 Å². The molecule has 4 rings (SSSR count). The Hall–Kier alpha value is -3.89. The Morgan fingerprint density at radius 3 is 2.44 bits per heavy atom. The SMILES string of the molecule is C[C@H]1CN([C@@H](C)CO)C(=O)Cc2cc(NC(=O)Cc3ccccc3)ccc2O[C@H]1CN(C)Cc1ccc(C(F)(F)F)cc1. The van der Waals surface area contributed by atoms with E-state index < -0.39 is 17.8 Å². The van der Waals surface area contributed by atoms with E-state index in [-0.39, 0.29) is 43.3 Å². The Labute approximate surface area is 250 Å². The van der Waals surface area contributed by atoms with Crippen LogP contribution in [-0.4, -0.2) is 65.6 Å². The maximum absolute atomic E-state index is 13.5. The van der Waals surface area contributed by atoms with Crippen molar-refractivity contribution in [3.8, 4) is 5.75 Å². The van der Waals surface area contributed by atoms with Gasteiger partial charge in [-0.3, -0.25) is 14.5 Å². The minimum Gasteiger partial charge on any atom is -0.488 e. The Balaban J connectivity index is 1.54. The van der Waals surface area contributed by atoms with Gasteiger partial charge in [-0.2, -0.15) is 13.2 Å². The fourth-order valence-electron chi connectivity index (χ4n) is 5.19. The standard InChI is InChI=1S/C33H38F3N3O4/c1-22-18-39(23(2)21-40)32(42)17-26-16-28(37-31(41)15-24-7-5-4-6-8-24)13-14-29(26)43-30(22)20-38(3)19-25-9-11-27(12-10-25)33(34,35)36/h4-14,16,22-23,30,40H,15,17-21H2,1-3H3,(H,37,41)/t22-,23-,30-/m0/s1. The van der Waals surface area contributed by atoms with Crippen LogP contribution >= 0.6 is 0 Å². The number of carbonyl (C=O) groups excluding carboxylic acids is 2. The lowest BCUT2D eigenvalue weighted by molar-refractivity contribution is -0.137. The molecule has 0 unspecified atom stereocenters. The van der Waals surface area contributed by atoms with Crippen LogP contribution in [0.1, 0.15) is 36.1 Å². The van der Waals surface area contributed by atoms with E-state index in [9.17, 15) is 27.9 Å². The molecular weight excluding hydrogens is 559 g/mol. The summed E-state index contributed by atoms with van der Waals surface area (Å²) in [5.74, 6) is 0.0371. The quantitative estimate of drug-likeness (QED) is 0.356. The number of alkyl halides is 3. The molecule has 0 spiro atoms. The number of nitrogens with zero attached hydrogens (tertiary/aromatic N) is 2. The molecule has 2 amide bonds. The first-order chi connectivity index (χ1) is 20.4. The van der Waals surface area contributed by atoms with Crippen LogP contribution in [0.5, 0.6) is 5.75 Å². The first-order valence-electron chi connectivity index (χ1n) is 14.3. The highest BCUT2D eigenvalue weighted by Gasteiger charge is 2.32. The molecule has 230 valence electrons. The minimum atomic E-state index is -4.39. The third-order valence-corrected chi connectivity index (χ3v) is 7.63. The molecule has 2 N–H and O–H groups in total. The second kappa shape index (κ2) is 14.1. The molecule has 0 saturated heterocycles. The first kappa shape index (κ1) is 32.0. The molecular formula is C33H38F3N3O4. The number of aliphatic hydroxyl groups excluding tert-OH is 1. The first-order valence-corrected chi connectivity index (χ1v) is 14.3. The van der Waals surface area contributed by atoms with Crippen molar-refractivity contribution < 1.29 is 32.6 Å². The van der Waals surface area contributed by atoms with Crippen molar-refractivity contribution in [3.05, 3.63) is 95.1 Å². The molecule has 43 heavy (non-hydrogen) atoms. The molecule has 3 atom stereocenters. The normalized spacial score (nSPS) is 18.2. The molecule has 3 aromatic rings. The Kier molecular flexibility index (Phi) is 10.5. The third kappa shape index (κ3) is 8.81. The molecule has 1 aliphatic rings. The Morgan fingerprint density at radius 1 is 1.09 bits per heavy atom. The largest absolute Gasteiger partial charge is 0.488 e. The lowest BCUT2D eigenvalue weighted by atomic mass is 10.0. The van der Waals surface area contributed by atoms with Gasteiger partial charge in [-0.25, -0.2) is 0 Å². The number of nitrogens with one attached hydrogen (secondary N) is 1. The van der Waals surface area contributed by atoms with Gasteiger partial charge in [0.15, 0.2) is 0 Å². The van der Waals surface area contributed by atoms with E-state index in [0.29, 0.717) is 36.6 Å². The second-order valence-electron chi connectivity index (χ2n) is 11.3. The van der Waals surface area contributed by atoms with Crippen LogP contribution < -0.4 is 10.1 Å². The topological polar surface area (TPSA) is 82.1 Å². The average molecular weight is 598 g/mol. The fourth-order valence-corrected chi connectivity index (χ4v) is 5.19. The molecule has 1 aliphatic heterocycles. The van der Waals surface area contributed by atoms with Crippen molar-refractivity contribution in [2.75, 3.05) is 32.1 Å². The predicted octanol–water partition coefficient (Wildman–Crippen LogP) is 5.17. The molecule has 0 radical (unpaired) electrons. The maximum Gasteiger partial charge on any atom is 0.416 e. The highest BCUT2D eigenvalue weighted by Crippen LogP contribution is 2.31. The summed E-state index contributed by atoms with van der Waals surface area (Å²) in [4.78, 5) is 29.8. The number of hydrogen-bond donors (Lipinski definition) is 2. The van der Waals surface area contributed by atoms with Gasteiger partial charge in [-0.1, -0.05) is 49.4 Å². The molecule has 0 aliphatic carbocycles. The molecule has 7 nitrogen and oxygen atoms in total. The Bertz CT molecular complexity index is 1380. The van der Waals surface area contributed by atoms with Crippen LogP contribution in [-0.2, 0) is 35.2 Å². The van der Waals surface area contributed by atoms with E-state index in [0.717, 1.165) is 23.3 Å². The number of benzene rings is 3. The van der Waals surface area contributed by atoms with Crippen molar-refractivity contribution >= 4 is 17.5 Å². The van der Waals surface area contributed by atoms with Gasteiger partial charge in [0.05, 0.1) is 31.1 Å². The molecule has 0 aromatic heterocycles. The summed E-state index contributed by atoms with van der Waals surface area (Å²) >= 11 is 0. The van der Waals surface area contributed by atoms with Gasteiger partial charge in [-0.05, 0) is 55.4 Å². The van der Waals surface area contributed by atoms with Gasteiger partial charge in [0.2, 0.25) is 11.8 Å². The van der Waals surface area contributed by atoms with Gasteiger partial charge in [-0.15, -0.1) is 0 Å². The second-order valence-corrected chi connectivity index (χ2v) is 11.3. The van der Waals surface area contributed by atoms with E-state index in [1.54, 1.807) is 30.0 Å². The number of anilines is 1.